The maximum atomic E-state index is 13.7. The SMILES string of the molecule is CS(=O)(=O)NC(=O)c1[nH]c2ccccc2c1CCCOc1ccc(CS(=O)(=O)NC(=O)c2[nH]c3ccccc3c2CCCOc2ccc3c(c2)CCC3)c2c1CCCC2. The van der Waals surface area contributed by atoms with Crippen LogP contribution in [0.15, 0.2) is 78.9 Å². The number of aromatic nitrogens is 2. The molecule has 0 radical (unpaired) electrons. The van der Waals surface area contributed by atoms with Gasteiger partial charge in [-0.1, -0.05) is 48.5 Å². The van der Waals surface area contributed by atoms with Crippen LogP contribution in [0.5, 0.6) is 11.5 Å². The topological polar surface area (TPSA) is 177 Å². The third-order valence-electron chi connectivity index (χ3n) is 11.3. The van der Waals surface area contributed by atoms with Crippen molar-refractivity contribution in [3.05, 3.63) is 129 Å². The summed E-state index contributed by atoms with van der Waals surface area (Å²) in [5.41, 5.74) is 8.63. The van der Waals surface area contributed by atoms with Crippen molar-refractivity contribution < 1.29 is 35.9 Å². The van der Waals surface area contributed by atoms with Gasteiger partial charge in [0.1, 0.15) is 22.9 Å². The van der Waals surface area contributed by atoms with Crippen LogP contribution in [0.4, 0.5) is 0 Å². The molecule has 0 spiro atoms. The van der Waals surface area contributed by atoms with Crippen molar-refractivity contribution >= 4 is 53.7 Å². The van der Waals surface area contributed by atoms with E-state index in [0.717, 1.165) is 82.6 Å². The average Bonchev–Trinajstić information content (AvgIpc) is 3.93. The van der Waals surface area contributed by atoms with Crippen LogP contribution < -0.4 is 18.9 Å². The summed E-state index contributed by atoms with van der Waals surface area (Å²) in [6.45, 7) is 0.777. The molecule has 8 rings (SSSR count). The summed E-state index contributed by atoms with van der Waals surface area (Å²) in [4.78, 5) is 32.9. The van der Waals surface area contributed by atoms with E-state index in [1.54, 1.807) is 12.1 Å². The van der Waals surface area contributed by atoms with E-state index in [1.165, 1.54) is 17.5 Å². The van der Waals surface area contributed by atoms with Crippen molar-refractivity contribution in [2.24, 2.45) is 0 Å². The molecule has 2 aromatic heterocycles. The Morgan fingerprint density at radius 2 is 1.24 bits per heavy atom. The minimum Gasteiger partial charge on any atom is -0.494 e. The molecule has 0 atom stereocenters. The number of amides is 2. The van der Waals surface area contributed by atoms with Gasteiger partial charge in [0.25, 0.3) is 11.8 Å². The summed E-state index contributed by atoms with van der Waals surface area (Å²) < 4.78 is 67.7. The molecule has 2 amide bonds. The van der Waals surface area contributed by atoms with Crippen LogP contribution in [0, 0.1) is 0 Å². The molecule has 0 aliphatic heterocycles. The number of carbonyl (C=O) groups excluding carboxylic acids is 2. The van der Waals surface area contributed by atoms with Gasteiger partial charge in [-0.2, -0.15) is 0 Å². The third-order valence-corrected chi connectivity index (χ3v) is 13.0. The van der Waals surface area contributed by atoms with E-state index < -0.39 is 31.9 Å². The molecule has 0 saturated carbocycles. The average molecular weight is 837 g/mol. The summed E-state index contributed by atoms with van der Waals surface area (Å²) in [6, 6.07) is 24.8. The number of para-hydroxylation sites is 2. The van der Waals surface area contributed by atoms with Crippen molar-refractivity contribution in [1.82, 2.24) is 19.4 Å². The molecule has 2 aliphatic rings. The highest BCUT2D eigenvalue weighted by molar-refractivity contribution is 7.89. The first-order chi connectivity index (χ1) is 28.4. The zero-order chi connectivity index (χ0) is 41.1. The molecule has 2 heterocycles. The van der Waals surface area contributed by atoms with Gasteiger partial charge in [0.15, 0.2) is 0 Å². The second-order valence-electron chi connectivity index (χ2n) is 15.5. The molecule has 0 saturated heterocycles. The largest absolute Gasteiger partial charge is 0.494 e. The number of aromatic amines is 2. The number of hydrogen-bond acceptors (Lipinski definition) is 8. The van der Waals surface area contributed by atoms with Crippen LogP contribution in [0.25, 0.3) is 21.8 Å². The Balaban J connectivity index is 0.921. The molecule has 12 nitrogen and oxygen atoms in total. The van der Waals surface area contributed by atoms with Crippen LogP contribution >= 0.6 is 0 Å². The van der Waals surface area contributed by atoms with Crippen LogP contribution in [-0.2, 0) is 64.3 Å². The van der Waals surface area contributed by atoms with E-state index in [2.05, 4.69) is 31.5 Å². The normalized spacial score (nSPS) is 13.9. The van der Waals surface area contributed by atoms with Crippen LogP contribution in [-0.4, -0.2) is 58.1 Å². The van der Waals surface area contributed by atoms with Gasteiger partial charge in [-0.05, 0) is 140 Å². The first kappa shape index (κ1) is 40.2. The van der Waals surface area contributed by atoms with Crippen LogP contribution in [0.1, 0.15) is 92.0 Å². The number of benzene rings is 4. The fraction of sp³-hybridized carbons (Fsp3) is 0.333. The first-order valence-electron chi connectivity index (χ1n) is 20.2. The summed E-state index contributed by atoms with van der Waals surface area (Å²) >= 11 is 0. The molecular formula is C45H48N4O8S2. The highest BCUT2D eigenvalue weighted by Crippen LogP contribution is 2.34. The Morgan fingerprint density at radius 1 is 0.644 bits per heavy atom. The van der Waals surface area contributed by atoms with Crippen LogP contribution in [0.2, 0.25) is 0 Å². The van der Waals surface area contributed by atoms with E-state index in [0.29, 0.717) is 62.2 Å². The fourth-order valence-electron chi connectivity index (χ4n) is 8.65. The number of sulfonamides is 2. The van der Waals surface area contributed by atoms with Gasteiger partial charge in [-0.3, -0.25) is 9.59 Å². The molecule has 14 heteroatoms. The summed E-state index contributed by atoms with van der Waals surface area (Å²) in [5, 5.41) is 1.70. The predicted octanol–water partition coefficient (Wildman–Crippen LogP) is 6.99. The van der Waals surface area contributed by atoms with E-state index >= 15 is 0 Å². The van der Waals surface area contributed by atoms with Crippen molar-refractivity contribution in [1.29, 1.82) is 0 Å². The van der Waals surface area contributed by atoms with E-state index in [9.17, 15) is 26.4 Å². The Kier molecular flexibility index (Phi) is 11.5. The van der Waals surface area contributed by atoms with Crippen molar-refractivity contribution in [3.63, 3.8) is 0 Å². The second kappa shape index (κ2) is 16.9. The van der Waals surface area contributed by atoms with Crippen LogP contribution in [0.3, 0.4) is 0 Å². The lowest BCUT2D eigenvalue weighted by Gasteiger charge is -2.23. The van der Waals surface area contributed by atoms with Crippen molar-refractivity contribution in [2.45, 2.75) is 76.4 Å². The second-order valence-corrected chi connectivity index (χ2v) is 19.0. The van der Waals surface area contributed by atoms with Crippen molar-refractivity contribution in [3.8, 4) is 11.5 Å². The lowest BCUT2D eigenvalue weighted by Crippen LogP contribution is -2.33. The Hall–Kier alpha value is -5.60. The Labute approximate surface area is 344 Å². The highest BCUT2D eigenvalue weighted by atomic mass is 32.2. The fourth-order valence-corrected chi connectivity index (χ4v) is 10.2. The zero-order valence-electron chi connectivity index (χ0n) is 33.0. The minimum absolute atomic E-state index is 0.197. The molecular weight excluding hydrogens is 789 g/mol. The van der Waals surface area contributed by atoms with Gasteiger partial charge in [0.2, 0.25) is 20.0 Å². The summed E-state index contributed by atoms with van der Waals surface area (Å²) in [6.07, 6.45) is 9.72. The predicted molar refractivity (Wildman–Crippen MR) is 228 cm³/mol. The first-order valence-corrected chi connectivity index (χ1v) is 23.7. The molecule has 2 aliphatic carbocycles. The maximum absolute atomic E-state index is 13.7. The number of carbonyl (C=O) groups is 2. The van der Waals surface area contributed by atoms with E-state index in [-0.39, 0.29) is 17.1 Å². The van der Waals surface area contributed by atoms with Gasteiger partial charge in [0.05, 0.1) is 25.2 Å². The Bertz CT molecular complexity index is 2790. The highest BCUT2D eigenvalue weighted by Gasteiger charge is 2.26. The molecule has 0 bridgehead atoms. The van der Waals surface area contributed by atoms with Crippen molar-refractivity contribution in [2.75, 3.05) is 19.5 Å². The lowest BCUT2D eigenvalue weighted by atomic mass is 9.88. The molecule has 4 aromatic carbocycles. The zero-order valence-corrected chi connectivity index (χ0v) is 34.6. The van der Waals surface area contributed by atoms with Gasteiger partial charge < -0.3 is 19.4 Å². The number of aryl methyl sites for hydroxylation is 4. The number of fused-ring (bicyclic) bond motifs is 4. The summed E-state index contributed by atoms with van der Waals surface area (Å²) in [5.74, 6) is -0.250. The van der Waals surface area contributed by atoms with E-state index in [4.69, 9.17) is 9.47 Å². The lowest BCUT2D eigenvalue weighted by molar-refractivity contribution is 0.0967. The third kappa shape index (κ3) is 9.18. The monoisotopic (exact) mass is 836 g/mol. The molecule has 308 valence electrons. The number of nitrogens with one attached hydrogen (secondary N) is 4. The van der Waals surface area contributed by atoms with E-state index in [1.807, 2.05) is 54.6 Å². The molecule has 59 heavy (non-hydrogen) atoms. The standard InChI is InChI=1S/C45H48N4O8S2/c1-58(52,53)48-44(50)42-37(34-14-4-6-19-39(34)46-42)18-10-26-57-41-24-22-31(33-13-2-3-16-36(33)41)28-59(54,55)49-45(51)43-38(35-15-5-7-20-40(35)47-43)17-9-25-56-32-23-21-29-11-8-12-30(29)27-32/h4-7,14-15,19-24,27,46-47H,2-3,8-13,16-18,25-26,28H2,1H3,(H,48,50)(H,49,51). The molecule has 4 N–H and O–H groups in total. The summed E-state index contributed by atoms with van der Waals surface area (Å²) in [7, 11) is -7.85. The number of hydrogen-bond donors (Lipinski definition) is 4. The van der Waals surface area contributed by atoms with Gasteiger partial charge >= 0.3 is 0 Å². The Morgan fingerprint density at radius 3 is 1.90 bits per heavy atom. The smallest absolute Gasteiger partial charge is 0.281 e. The molecule has 6 aromatic rings. The quantitative estimate of drug-likeness (QED) is 0.0755. The van der Waals surface area contributed by atoms with Gasteiger partial charge in [-0.25, -0.2) is 26.3 Å². The van der Waals surface area contributed by atoms with Gasteiger partial charge in [0, 0.05) is 21.8 Å². The molecule has 0 fully saturated rings. The maximum Gasteiger partial charge on any atom is 0.281 e. The van der Waals surface area contributed by atoms with Gasteiger partial charge in [-0.15, -0.1) is 0 Å². The number of H-pyrrole nitrogens is 2. The molecule has 0 unspecified atom stereocenters. The minimum atomic E-state index is -4.09. The number of rotatable bonds is 16. The number of ether oxygens (including phenoxy) is 2.